The first-order chi connectivity index (χ1) is 16.1. The average molecular weight is 453 g/mol. The molecule has 33 heavy (non-hydrogen) atoms. The Morgan fingerprint density at radius 2 is 1.79 bits per heavy atom. The summed E-state index contributed by atoms with van der Waals surface area (Å²) in [4.78, 5) is 38.1. The second kappa shape index (κ2) is 12.0. The molecule has 0 aliphatic carbocycles. The fourth-order valence-electron chi connectivity index (χ4n) is 3.86. The second-order valence-electron chi connectivity index (χ2n) is 8.01. The van der Waals surface area contributed by atoms with E-state index < -0.39 is 5.92 Å². The molecule has 9 nitrogen and oxygen atoms in total. The second-order valence-corrected chi connectivity index (χ2v) is 8.01. The molecule has 1 atom stereocenters. The van der Waals surface area contributed by atoms with E-state index in [2.05, 4.69) is 18.3 Å². The number of benzene rings is 1. The average Bonchev–Trinajstić information content (AvgIpc) is 2.84. The molecular formula is C24H32N6O3. The largest absolute Gasteiger partial charge is 0.450 e. The highest BCUT2D eigenvalue weighted by atomic mass is 16.6. The molecule has 2 aromatic rings. The normalized spacial score (nSPS) is 14.6. The third kappa shape index (κ3) is 6.09. The number of aromatic nitrogens is 2. The molecule has 1 fully saturated rings. The van der Waals surface area contributed by atoms with Crippen LogP contribution in [0.4, 0.5) is 10.6 Å². The smallest absolute Gasteiger partial charge is 0.409 e. The summed E-state index contributed by atoms with van der Waals surface area (Å²) in [6, 6.07) is 9.55. The van der Waals surface area contributed by atoms with Crippen LogP contribution < -0.4 is 10.2 Å². The van der Waals surface area contributed by atoms with Gasteiger partial charge in [0.25, 0.3) is 0 Å². The van der Waals surface area contributed by atoms with Gasteiger partial charge >= 0.3 is 6.09 Å². The van der Waals surface area contributed by atoms with Gasteiger partial charge in [0.05, 0.1) is 23.7 Å². The van der Waals surface area contributed by atoms with Crippen molar-refractivity contribution >= 4 is 28.9 Å². The van der Waals surface area contributed by atoms with Gasteiger partial charge < -0.3 is 19.9 Å². The van der Waals surface area contributed by atoms with E-state index in [0.29, 0.717) is 61.9 Å². The van der Waals surface area contributed by atoms with Crippen LogP contribution in [-0.2, 0) is 9.53 Å². The number of hydrogen-bond acceptors (Lipinski definition) is 7. The summed E-state index contributed by atoms with van der Waals surface area (Å²) in [5.74, 6) is -0.902. The number of nitrogens with one attached hydrogen (secondary N) is 1. The third-order valence-electron chi connectivity index (χ3n) is 5.68. The van der Waals surface area contributed by atoms with Crippen LogP contribution in [0.1, 0.15) is 51.1 Å². The Labute approximate surface area is 194 Å². The Kier molecular flexibility index (Phi) is 8.81. The van der Waals surface area contributed by atoms with Crippen LogP contribution in [0.15, 0.2) is 24.3 Å². The van der Waals surface area contributed by atoms with Crippen molar-refractivity contribution in [2.75, 3.05) is 44.2 Å². The van der Waals surface area contributed by atoms with Crippen molar-refractivity contribution in [3.05, 3.63) is 30.0 Å². The molecule has 0 unspecified atom stereocenters. The van der Waals surface area contributed by atoms with Crippen LogP contribution in [0.2, 0.25) is 0 Å². The van der Waals surface area contributed by atoms with Crippen LogP contribution in [0.25, 0.3) is 11.0 Å². The fourth-order valence-corrected chi connectivity index (χ4v) is 3.86. The maximum Gasteiger partial charge on any atom is 0.409 e. The Hall–Kier alpha value is -3.41. The SMILES string of the molecule is CCCCCCNC(=O)[C@@H](C#N)c1nc2ccccc2nc1N1CCN(C(=O)OCC)CC1. The number of carbonyl (C=O) groups is 2. The molecule has 0 radical (unpaired) electrons. The number of ether oxygens (including phenoxy) is 1. The van der Waals surface area contributed by atoms with Crippen LogP contribution in [-0.4, -0.2) is 66.2 Å². The van der Waals surface area contributed by atoms with Gasteiger partial charge in [-0.2, -0.15) is 5.26 Å². The van der Waals surface area contributed by atoms with Gasteiger partial charge in [0, 0.05) is 32.7 Å². The van der Waals surface area contributed by atoms with Gasteiger partial charge in [-0.15, -0.1) is 0 Å². The summed E-state index contributed by atoms with van der Waals surface area (Å²) in [6.07, 6.45) is 3.83. The van der Waals surface area contributed by atoms with Crippen molar-refractivity contribution in [3.8, 4) is 6.07 Å². The van der Waals surface area contributed by atoms with Gasteiger partial charge in [-0.05, 0) is 25.5 Å². The summed E-state index contributed by atoms with van der Waals surface area (Å²) in [5, 5.41) is 12.8. The lowest BCUT2D eigenvalue weighted by Gasteiger charge is -2.35. The molecule has 1 N–H and O–H groups in total. The minimum absolute atomic E-state index is 0.330. The molecule has 9 heteroatoms. The van der Waals surface area contributed by atoms with E-state index in [4.69, 9.17) is 14.7 Å². The van der Waals surface area contributed by atoms with Crippen molar-refractivity contribution in [2.24, 2.45) is 0 Å². The maximum atomic E-state index is 12.9. The van der Waals surface area contributed by atoms with Crippen molar-refractivity contribution in [1.29, 1.82) is 5.26 Å². The summed E-state index contributed by atoms with van der Waals surface area (Å²) in [5.41, 5.74) is 1.69. The lowest BCUT2D eigenvalue weighted by Crippen LogP contribution is -2.49. The summed E-state index contributed by atoms with van der Waals surface area (Å²) in [6.45, 7) is 6.73. The van der Waals surface area contributed by atoms with Crippen LogP contribution in [0.5, 0.6) is 0 Å². The molecule has 2 amide bonds. The molecule has 0 bridgehead atoms. The monoisotopic (exact) mass is 452 g/mol. The minimum Gasteiger partial charge on any atom is -0.450 e. The first-order valence-corrected chi connectivity index (χ1v) is 11.7. The van der Waals surface area contributed by atoms with Crippen LogP contribution >= 0.6 is 0 Å². The van der Waals surface area contributed by atoms with E-state index in [1.807, 2.05) is 29.2 Å². The van der Waals surface area contributed by atoms with Crippen molar-refractivity contribution < 1.29 is 14.3 Å². The number of carbonyl (C=O) groups excluding carboxylic acids is 2. The van der Waals surface area contributed by atoms with E-state index >= 15 is 0 Å². The predicted molar refractivity (Wildman–Crippen MR) is 126 cm³/mol. The number of amides is 2. The number of piperazine rings is 1. The summed E-state index contributed by atoms with van der Waals surface area (Å²) >= 11 is 0. The summed E-state index contributed by atoms with van der Waals surface area (Å²) < 4.78 is 5.10. The van der Waals surface area contributed by atoms with Gasteiger partial charge in [0.2, 0.25) is 5.91 Å². The van der Waals surface area contributed by atoms with E-state index in [1.165, 1.54) is 0 Å². The lowest BCUT2D eigenvalue weighted by molar-refractivity contribution is -0.121. The molecule has 1 saturated heterocycles. The van der Waals surface area contributed by atoms with Gasteiger partial charge in [-0.3, -0.25) is 4.79 Å². The highest BCUT2D eigenvalue weighted by molar-refractivity contribution is 5.88. The minimum atomic E-state index is -1.06. The molecule has 2 heterocycles. The maximum absolute atomic E-state index is 12.9. The molecule has 0 saturated carbocycles. The molecule has 176 valence electrons. The predicted octanol–water partition coefficient (Wildman–Crippen LogP) is 3.21. The molecular weight excluding hydrogens is 420 g/mol. The lowest BCUT2D eigenvalue weighted by atomic mass is 10.0. The third-order valence-corrected chi connectivity index (χ3v) is 5.68. The highest BCUT2D eigenvalue weighted by Crippen LogP contribution is 2.28. The van der Waals surface area contributed by atoms with Gasteiger partial charge in [0.1, 0.15) is 5.69 Å². The van der Waals surface area contributed by atoms with E-state index in [-0.39, 0.29) is 12.0 Å². The standard InChI is InChI=1S/C24H32N6O3/c1-3-5-6-9-12-26-23(31)18(17-25)21-22(28-20-11-8-7-10-19(20)27-21)29-13-15-30(16-14-29)24(32)33-4-2/h7-8,10-11,18H,3-6,9,12-16H2,1-2H3,(H,26,31)/t18-/m0/s1. The van der Waals surface area contributed by atoms with Crippen molar-refractivity contribution in [3.63, 3.8) is 0 Å². The fraction of sp³-hybridized carbons (Fsp3) is 0.542. The summed E-state index contributed by atoms with van der Waals surface area (Å²) in [7, 11) is 0. The van der Waals surface area contributed by atoms with Gasteiger partial charge in [0.15, 0.2) is 11.7 Å². The van der Waals surface area contributed by atoms with E-state index in [9.17, 15) is 14.9 Å². The Bertz CT molecular complexity index is 997. The zero-order chi connectivity index (χ0) is 23.6. The Balaban J connectivity index is 1.83. The number of nitrogens with zero attached hydrogens (tertiary/aromatic N) is 5. The number of para-hydroxylation sites is 2. The number of anilines is 1. The van der Waals surface area contributed by atoms with Gasteiger partial charge in [-0.25, -0.2) is 14.8 Å². The van der Waals surface area contributed by atoms with E-state index in [1.54, 1.807) is 11.8 Å². The molecule has 1 aromatic carbocycles. The number of rotatable bonds is 9. The number of hydrogen-bond donors (Lipinski definition) is 1. The Morgan fingerprint density at radius 1 is 1.09 bits per heavy atom. The van der Waals surface area contributed by atoms with E-state index in [0.717, 1.165) is 25.7 Å². The van der Waals surface area contributed by atoms with Crippen molar-refractivity contribution in [2.45, 2.75) is 45.4 Å². The zero-order valence-electron chi connectivity index (χ0n) is 19.4. The molecule has 1 aliphatic heterocycles. The molecule has 1 aromatic heterocycles. The first-order valence-electron chi connectivity index (χ1n) is 11.7. The first kappa shape index (κ1) is 24.2. The number of fused-ring (bicyclic) bond motifs is 1. The van der Waals surface area contributed by atoms with Gasteiger partial charge in [-0.1, -0.05) is 38.3 Å². The van der Waals surface area contributed by atoms with Crippen LogP contribution in [0.3, 0.4) is 0 Å². The topological polar surface area (TPSA) is 111 Å². The van der Waals surface area contributed by atoms with Crippen molar-refractivity contribution in [1.82, 2.24) is 20.2 Å². The number of nitriles is 1. The number of unbranched alkanes of at least 4 members (excludes halogenated alkanes) is 3. The van der Waals surface area contributed by atoms with Crippen LogP contribution in [0, 0.1) is 11.3 Å². The molecule has 1 aliphatic rings. The zero-order valence-corrected chi connectivity index (χ0v) is 19.4. The highest BCUT2D eigenvalue weighted by Gasteiger charge is 2.31. The molecule has 3 rings (SSSR count). The Morgan fingerprint density at radius 3 is 2.42 bits per heavy atom. The quantitative estimate of drug-likeness (QED) is 0.582. The molecule has 0 spiro atoms.